The van der Waals surface area contributed by atoms with Crippen LogP contribution in [0.25, 0.3) is 0 Å². The van der Waals surface area contributed by atoms with Crippen molar-refractivity contribution in [2.75, 3.05) is 0 Å². The third-order valence-electron chi connectivity index (χ3n) is 2.49. The zero-order valence-electron chi connectivity index (χ0n) is 8.18. The fraction of sp³-hybridized carbons (Fsp3) is 0.400. The lowest BCUT2D eigenvalue weighted by Crippen LogP contribution is -2.39. The fourth-order valence-electron chi connectivity index (χ4n) is 1.22. The zero-order chi connectivity index (χ0) is 10.8. The number of nitro groups is 1. The Bertz CT molecular complexity index is 321. The molecule has 1 aromatic carbocycles. The molecule has 0 aliphatic carbocycles. The first-order valence-electron chi connectivity index (χ1n) is 4.37. The van der Waals surface area contributed by atoms with Crippen LogP contribution in [-0.4, -0.2) is 16.1 Å². The van der Waals surface area contributed by atoms with E-state index in [0.29, 0.717) is 5.56 Å². The van der Waals surface area contributed by atoms with Crippen molar-refractivity contribution in [3.8, 4) is 0 Å². The highest BCUT2D eigenvalue weighted by molar-refractivity contribution is 5.22. The lowest BCUT2D eigenvalue weighted by atomic mass is 9.90. The van der Waals surface area contributed by atoms with Crippen LogP contribution in [0.15, 0.2) is 30.3 Å². The molecule has 0 aromatic heterocycles. The molecule has 1 N–H and O–H groups in total. The number of benzene rings is 1. The summed E-state index contributed by atoms with van der Waals surface area (Å²) in [7, 11) is 0. The maximum Gasteiger partial charge on any atom is 0.242 e. The molecule has 0 radical (unpaired) electrons. The molecule has 0 spiro atoms. The SMILES string of the molecule is CC([N+](=O)[O-])C(C)(O)c1ccccc1. The highest BCUT2D eigenvalue weighted by Crippen LogP contribution is 2.25. The van der Waals surface area contributed by atoms with E-state index >= 15 is 0 Å². The molecule has 2 atom stereocenters. The van der Waals surface area contributed by atoms with Crippen molar-refractivity contribution < 1.29 is 10.0 Å². The van der Waals surface area contributed by atoms with Gasteiger partial charge in [-0.2, -0.15) is 0 Å². The second-order valence-electron chi connectivity index (χ2n) is 3.47. The van der Waals surface area contributed by atoms with Crippen molar-refractivity contribution >= 4 is 0 Å². The fourth-order valence-corrected chi connectivity index (χ4v) is 1.22. The summed E-state index contributed by atoms with van der Waals surface area (Å²) in [4.78, 5) is 10.1. The Labute approximate surface area is 82.3 Å². The predicted molar refractivity (Wildman–Crippen MR) is 52.5 cm³/mol. The van der Waals surface area contributed by atoms with Gasteiger partial charge in [-0.1, -0.05) is 30.3 Å². The number of nitrogens with zero attached hydrogens (tertiary/aromatic N) is 1. The van der Waals surface area contributed by atoms with E-state index in [-0.39, 0.29) is 0 Å². The molecule has 1 aromatic rings. The minimum absolute atomic E-state index is 0.479. The first kappa shape index (κ1) is 10.7. The average Bonchev–Trinajstić information content (AvgIpc) is 2.18. The number of hydrogen-bond donors (Lipinski definition) is 1. The second-order valence-corrected chi connectivity index (χ2v) is 3.47. The summed E-state index contributed by atoms with van der Waals surface area (Å²) >= 11 is 0. The third-order valence-corrected chi connectivity index (χ3v) is 2.49. The number of hydrogen-bond acceptors (Lipinski definition) is 3. The minimum atomic E-state index is -1.43. The van der Waals surface area contributed by atoms with Gasteiger partial charge in [0.2, 0.25) is 6.04 Å². The van der Waals surface area contributed by atoms with Crippen molar-refractivity contribution in [1.82, 2.24) is 0 Å². The molecule has 0 aliphatic rings. The minimum Gasteiger partial charge on any atom is -0.378 e. The Morgan fingerprint density at radius 3 is 2.36 bits per heavy atom. The van der Waals surface area contributed by atoms with E-state index in [1.165, 1.54) is 13.8 Å². The van der Waals surface area contributed by atoms with Crippen molar-refractivity contribution in [3.05, 3.63) is 46.0 Å². The van der Waals surface area contributed by atoms with Gasteiger partial charge < -0.3 is 5.11 Å². The Morgan fingerprint density at radius 1 is 1.43 bits per heavy atom. The normalized spacial score (nSPS) is 17.1. The molecule has 76 valence electrons. The molecule has 0 fully saturated rings. The molecule has 0 heterocycles. The Kier molecular flexibility index (Phi) is 2.86. The molecule has 2 unspecified atom stereocenters. The van der Waals surface area contributed by atoms with Gasteiger partial charge in [-0.05, 0) is 12.5 Å². The van der Waals surface area contributed by atoms with Gasteiger partial charge in [0.05, 0.1) is 0 Å². The van der Waals surface area contributed by atoms with Crippen LogP contribution in [0.2, 0.25) is 0 Å². The average molecular weight is 195 g/mol. The van der Waals surface area contributed by atoms with E-state index in [9.17, 15) is 15.2 Å². The predicted octanol–water partition coefficient (Wildman–Crippen LogP) is 1.56. The summed E-state index contributed by atoms with van der Waals surface area (Å²) in [5, 5.41) is 20.5. The molecular weight excluding hydrogens is 182 g/mol. The van der Waals surface area contributed by atoms with E-state index in [2.05, 4.69) is 0 Å². The smallest absolute Gasteiger partial charge is 0.242 e. The molecular formula is C10H13NO3. The van der Waals surface area contributed by atoms with E-state index in [4.69, 9.17) is 0 Å². The summed E-state index contributed by atoms with van der Waals surface area (Å²) in [6.45, 7) is 2.85. The molecule has 0 saturated heterocycles. The molecule has 4 heteroatoms. The molecule has 0 saturated carbocycles. The second kappa shape index (κ2) is 3.75. The van der Waals surface area contributed by atoms with Gasteiger partial charge in [0, 0.05) is 11.8 Å². The highest BCUT2D eigenvalue weighted by atomic mass is 16.6. The summed E-state index contributed by atoms with van der Waals surface area (Å²) in [6, 6.07) is 7.63. The van der Waals surface area contributed by atoms with Gasteiger partial charge >= 0.3 is 0 Å². The van der Waals surface area contributed by atoms with Crippen molar-refractivity contribution in [1.29, 1.82) is 0 Å². The van der Waals surface area contributed by atoms with Crippen molar-refractivity contribution in [2.45, 2.75) is 25.5 Å². The highest BCUT2D eigenvalue weighted by Gasteiger charge is 2.38. The quantitative estimate of drug-likeness (QED) is 0.588. The van der Waals surface area contributed by atoms with Crippen LogP contribution in [0.1, 0.15) is 19.4 Å². The molecule has 14 heavy (non-hydrogen) atoms. The summed E-state index contributed by atoms with van der Waals surface area (Å²) in [5.74, 6) is 0. The van der Waals surface area contributed by atoms with Crippen LogP contribution >= 0.6 is 0 Å². The van der Waals surface area contributed by atoms with Crippen LogP contribution in [0, 0.1) is 10.1 Å². The van der Waals surface area contributed by atoms with Crippen LogP contribution in [0.3, 0.4) is 0 Å². The molecule has 0 aliphatic heterocycles. The van der Waals surface area contributed by atoms with Gasteiger partial charge in [-0.3, -0.25) is 10.1 Å². The number of aliphatic hydroxyl groups is 1. The number of rotatable bonds is 3. The standard InChI is InChI=1S/C10H13NO3/c1-8(11(13)14)10(2,12)9-6-4-3-5-7-9/h3-8,12H,1-2H3. The van der Waals surface area contributed by atoms with Crippen LogP contribution in [-0.2, 0) is 5.60 Å². The Hall–Kier alpha value is -1.42. The molecule has 0 amide bonds. The maximum atomic E-state index is 10.6. The zero-order valence-corrected chi connectivity index (χ0v) is 8.18. The van der Waals surface area contributed by atoms with E-state index in [1.54, 1.807) is 30.3 Å². The van der Waals surface area contributed by atoms with Crippen LogP contribution in [0.4, 0.5) is 0 Å². The van der Waals surface area contributed by atoms with Crippen molar-refractivity contribution in [3.63, 3.8) is 0 Å². The van der Waals surface area contributed by atoms with E-state index in [0.717, 1.165) is 0 Å². The lowest BCUT2D eigenvalue weighted by molar-refractivity contribution is -0.542. The first-order valence-corrected chi connectivity index (χ1v) is 4.37. The van der Waals surface area contributed by atoms with E-state index in [1.807, 2.05) is 0 Å². The van der Waals surface area contributed by atoms with Gasteiger partial charge in [0.1, 0.15) is 0 Å². The largest absolute Gasteiger partial charge is 0.378 e. The molecule has 1 rings (SSSR count). The lowest BCUT2D eigenvalue weighted by Gasteiger charge is -2.24. The van der Waals surface area contributed by atoms with Crippen molar-refractivity contribution in [2.24, 2.45) is 0 Å². The Balaban J connectivity index is 3.02. The van der Waals surface area contributed by atoms with E-state index < -0.39 is 16.6 Å². The Morgan fingerprint density at radius 2 is 1.93 bits per heavy atom. The van der Waals surface area contributed by atoms with Gasteiger partial charge in [-0.25, -0.2) is 0 Å². The maximum absolute atomic E-state index is 10.6. The first-order chi connectivity index (χ1) is 6.46. The topological polar surface area (TPSA) is 63.4 Å². The summed E-state index contributed by atoms with van der Waals surface area (Å²) < 4.78 is 0. The van der Waals surface area contributed by atoms with Gasteiger partial charge in [0.15, 0.2) is 5.60 Å². The summed E-state index contributed by atoms with van der Waals surface area (Å²) in [6.07, 6.45) is 0. The van der Waals surface area contributed by atoms with Gasteiger partial charge in [0.25, 0.3) is 0 Å². The monoisotopic (exact) mass is 195 g/mol. The molecule has 0 bridgehead atoms. The molecule has 4 nitrogen and oxygen atoms in total. The van der Waals surface area contributed by atoms with Crippen LogP contribution < -0.4 is 0 Å². The van der Waals surface area contributed by atoms with Gasteiger partial charge in [-0.15, -0.1) is 0 Å². The summed E-state index contributed by atoms with van der Waals surface area (Å²) in [5.41, 5.74) is -0.866. The van der Waals surface area contributed by atoms with Crippen LogP contribution in [0.5, 0.6) is 0 Å². The third kappa shape index (κ3) is 1.90.